The number of nitrogens with zero attached hydrogens (tertiary/aromatic N) is 1. The highest BCUT2D eigenvalue weighted by Gasteiger charge is 2.35. The Labute approximate surface area is 126 Å². The van der Waals surface area contributed by atoms with Crippen molar-refractivity contribution in [2.45, 2.75) is 70.1 Å². The van der Waals surface area contributed by atoms with Gasteiger partial charge in [0.15, 0.2) is 0 Å². The van der Waals surface area contributed by atoms with E-state index in [0.29, 0.717) is 0 Å². The molecule has 110 valence electrons. The van der Waals surface area contributed by atoms with Crippen LogP contribution < -0.4 is 5.32 Å². The molecule has 3 fully saturated rings. The van der Waals surface area contributed by atoms with Gasteiger partial charge in [0.05, 0.1) is 0 Å². The monoisotopic (exact) mass is 290 g/mol. The first kappa shape index (κ1) is 13.3. The molecular formula is C17H26N2S. The van der Waals surface area contributed by atoms with Crippen LogP contribution in [0.2, 0.25) is 0 Å². The van der Waals surface area contributed by atoms with Gasteiger partial charge in [-0.3, -0.25) is 4.90 Å². The molecule has 2 nitrogen and oxygen atoms in total. The van der Waals surface area contributed by atoms with Crippen molar-refractivity contribution >= 4 is 11.3 Å². The molecule has 2 saturated carbocycles. The van der Waals surface area contributed by atoms with Gasteiger partial charge in [0, 0.05) is 34.9 Å². The Morgan fingerprint density at radius 1 is 1.05 bits per heavy atom. The maximum absolute atomic E-state index is 3.62. The molecule has 0 spiro atoms. The van der Waals surface area contributed by atoms with Crippen LogP contribution >= 0.6 is 11.3 Å². The van der Waals surface area contributed by atoms with Gasteiger partial charge >= 0.3 is 0 Å². The Bertz CT molecular complexity index is 452. The molecule has 2 atom stereocenters. The average Bonchev–Trinajstić information content (AvgIpc) is 3.06. The van der Waals surface area contributed by atoms with Crippen molar-refractivity contribution in [3.8, 4) is 0 Å². The maximum atomic E-state index is 3.62. The molecular weight excluding hydrogens is 264 g/mol. The van der Waals surface area contributed by atoms with Crippen molar-refractivity contribution in [2.75, 3.05) is 6.54 Å². The second-order valence-electron chi connectivity index (χ2n) is 6.89. The molecule has 1 N–H and O–H groups in total. The normalized spacial score (nSPS) is 30.6. The van der Waals surface area contributed by atoms with Gasteiger partial charge in [-0.25, -0.2) is 0 Å². The van der Waals surface area contributed by atoms with Gasteiger partial charge < -0.3 is 5.32 Å². The fourth-order valence-electron chi connectivity index (χ4n) is 4.03. The molecule has 20 heavy (non-hydrogen) atoms. The van der Waals surface area contributed by atoms with Crippen LogP contribution in [0.4, 0.5) is 0 Å². The van der Waals surface area contributed by atoms with Crippen LogP contribution in [-0.4, -0.2) is 23.5 Å². The highest BCUT2D eigenvalue weighted by Crippen LogP contribution is 2.37. The Morgan fingerprint density at radius 2 is 1.90 bits per heavy atom. The van der Waals surface area contributed by atoms with Gasteiger partial charge in [0.1, 0.15) is 0 Å². The zero-order valence-corrected chi connectivity index (χ0v) is 13.1. The first-order chi connectivity index (χ1) is 9.88. The van der Waals surface area contributed by atoms with Crippen LogP contribution in [-0.2, 0) is 13.1 Å². The Kier molecular flexibility index (Phi) is 3.84. The number of thiophene rings is 1. The summed E-state index contributed by atoms with van der Waals surface area (Å²) in [7, 11) is 0. The van der Waals surface area contributed by atoms with E-state index in [1.807, 2.05) is 11.3 Å². The van der Waals surface area contributed by atoms with Crippen LogP contribution in [0, 0.1) is 5.92 Å². The third-order valence-corrected chi connectivity index (χ3v) is 6.41. The number of likely N-dealkylation sites (tertiary alicyclic amines) is 1. The lowest BCUT2D eigenvalue weighted by molar-refractivity contribution is 0.177. The van der Waals surface area contributed by atoms with Crippen LogP contribution in [0.3, 0.4) is 0 Å². The van der Waals surface area contributed by atoms with E-state index in [1.165, 1.54) is 62.9 Å². The summed E-state index contributed by atoms with van der Waals surface area (Å²) >= 11 is 2.02. The molecule has 2 heterocycles. The van der Waals surface area contributed by atoms with E-state index in [4.69, 9.17) is 0 Å². The summed E-state index contributed by atoms with van der Waals surface area (Å²) in [6, 6.07) is 6.43. The lowest BCUT2D eigenvalue weighted by Gasteiger charge is -2.31. The van der Waals surface area contributed by atoms with E-state index < -0.39 is 0 Å². The molecule has 1 aromatic heterocycles. The second-order valence-corrected chi connectivity index (χ2v) is 8.15. The first-order valence-corrected chi connectivity index (χ1v) is 9.25. The quantitative estimate of drug-likeness (QED) is 0.888. The molecule has 2 unspecified atom stereocenters. The minimum Gasteiger partial charge on any atom is -0.309 e. The molecule has 3 heteroatoms. The molecule has 3 aliphatic rings. The fourth-order valence-corrected chi connectivity index (χ4v) is 5.03. The predicted molar refractivity (Wildman–Crippen MR) is 85.0 cm³/mol. The molecule has 0 amide bonds. The first-order valence-electron chi connectivity index (χ1n) is 8.43. The standard InChI is InChI=1S/C17H26N2S/c1-2-4-17-13(3-1)9-10-19(17)12-16-8-7-15(20-16)11-18-14-5-6-14/h7-8,13-14,17-18H,1-6,9-12H2. The minimum atomic E-state index is 0.821. The summed E-state index contributed by atoms with van der Waals surface area (Å²) in [4.78, 5) is 5.86. The molecule has 1 aliphatic heterocycles. The van der Waals surface area contributed by atoms with Crippen molar-refractivity contribution in [3.05, 3.63) is 21.9 Å². The molecule has 1 aromatic rings. The van der Waals surface area contributed by atoms with Crippen LogP contribution in [0.25, 0.3) is 0 Å². The third-order valence-electron chi connectivity index (χ3n) is 5.34. The van der Waals surface area contributed by atoms with Crippen LogP contribution in [0.1, 0.15) is 54.7 Å². The second kappa shape index (κ2) is 5.78. The van der Waals surface area contributed by atoms with E-state index in [-0.39, 0.29) is 0 Å². The summed E-state index contributed by atoms with van der Waals surface area (Å²) in [5.74, 6) is 1.01. The predicted octanol–water partition coefficient (Wildman–Crippen LogP) is 3.76. The molecule has 1 saturated heterocycles. The Balaban J connectivity index is 1.33. The van der Waals surface area contributed by atoms with Gasteiger partial charge in [0.25, 0.3) is 0 Å². The van der Waals surface area contributed by atoms with Gasteiger partial charge in [-0.15, -0.1) is 11.3 Å². The molecule has 2 aliphatic carbocycles. The summed E-state index contributed by atoms with van der Waals surface area (Å²) in [6.45, 7) is 3.62. The van der Waals surface area contributed by atoms with Crippen LogP contribution in [0.15, 0.2) is 12.1 Å². The largest absolute Gasteiger partial charge is 0.309 e. The van der Waals surface area contributed by atoms with E-state index in [0.717, 1.165) is 24.5 Å². The van der Waals surface area contributed by atoms with E-state index in [1.54, 1.807) is 4.88 Å². The third kappa shape index (κ3) is 2.95. The molecule has 4 rings (SSSR count). The smallest absolute Gasteiger partial charge is 0.0331 e. The van der Waals surface area contributed by atoms with E-state index >= 15 is 0 Å². The van der Waals surface area contributed by atoms with Gasteiger partial charge in [-0.1, -0.05) is 12.8 Å². The topological polar surface area (TPSA) is 15.3 Å². The van der Waals surface area contributed by atoms with Crippen molar-refractivity contribution in [1.29, 1.82) is 0 Å². The summed E-state index contributed by atoms with van der Waals surface area (Å²) < 4.78 is 0. The SMILES string of the molecule is c1cc(CN2CCC3CCCCC32)sc1CNC1CC1. The summed E-state index contributed by atoms with van der Waals surface area (Å²) in [5, 5.41) is 3.62. The average molecular weight is 290 g/mol. The van der Waals surface area contributed by atoms with Crippen molar-refractivity contribution in [3.63, 3.8) is 0 Å². The highest BCUT2D eigenvalue weighted by atomic mass is 32.1. The number of nitrogens with one attached hydrogen (secondary N) is 1. The summed E-state index contributed by atoms with van der Waals surface area (Å²) in [6.07, 6.45) is 10.1. The highest BCUT2D eigenvalue weighted by molar-refractivity contribution is 7.11. The van der Waals surface area contributed by atoms with Gasteiger partial charge in [-0.05, 0) is 56.7 Å². The Hall–Kier alpha value is -0.380. The van der Waals surface area contributed by atoms with E-state index in [9.17, 15) is 0 Å². The lowest BCUT2D eigenvalue weighted by atomic mass is 9.85. The zero-order chi connectivity index (χ0) is 13.4. The van der Waals surface area contributed by atoms with Crippen molar-refractivity contribution in [2.24, 2.45) is 5.92 Å². The molecule has 0 radical (unpaired) electrons. The Morgan fingerprint density at radius 3 is 2.80 bits per heavy atom. The van der Waals surface area contributed by atoms with E-state index in [2.05, 4.69) is 22.3 Å². The maximum Gasteiger partial charge on any atom is 0.0331 e. The lowest BCUT2D eigenvalue weighted by Crippen LogP contribution is -2.33. The number of hydrogen-bond donors (Lipinski definition) is 1. The summed E-state index contributed by atoms with van der Waals surface area (Å²) in [5.41, 5.74) is 0. The van der Waals surface area contributed by atoms with Crippen LogP contribution in [0.5, 0.6) is 0 Å². The number of hydrogen-bond acceptors (Lipinski definition) is 3. The number of rotatable bonds is 5. The van der Waals surface area contributed by atoms with Gasteiger partial charge in [-0.2, -0.15) is 0 Å². The van der Waals surface area contributed by atoms with Gasteiger partial charge in [0.2, 0.25) is 0 Å². The van der Waals surface area contributed by atoms with Crippen molar-refractivity contribution < 1.29 is 0 Å². The van der Waals surface area contributed by atoms with Crippen molar-refractivity contribution in [1.82, 2.24) is 10.2 Å². The molecule has 0 bridgehead atoms. The minimum absolute atomic E-state index is 0.821. The zero-order valence-electron chi connectivity index (χ0n) is 12.3. The fraction of sp³-hybridized carbons (Fsp3) is 0.765. The molecule has 0 aromatic carbocycles. The number of fused-ring (bicyclic) bond motifs is 1.